The monoisotopic (exact) mass is 268 g/mol. The van der Waals surface area contributed by atoms with Gasteiger partial charge in [0.2, 0.25) is 0 Å². The van der Waals surface area contributed by atoms with Crippen molar-refractivity contribution in [1.82, 2.24) is 0 Å². The molecular formula is C12H10FO4P. The van der Waals surface area contributed by atoms with Gasteiger partial charge < -0.3 is 9.05 Å². The third-order valence-corrected chi connectivity index (χ3v) is 2.88. The lowest BCUT2D eigenvalue weighted by Gasteiger charge is -2.13. The molecule has 0 heterocycles. The topological polar surface area (TPSA) is 55.8 Å². The molecule has 0 amide bonds. The average Bonchev–Trinajstić information content (AvgIpc) is 2.32. The van der Waals surface area contributed by atoms with E-state index >= 15 is 0 Å². The molecule has 94 valence electrons. The molecule has 4 nitrogen and oxygen atoms in total. The van der Waals surface area contributed by atoms with Gasteiger partial charge in [0.1, 0.15) is 17.3 Å². The van der Waals surface area contributed by atoms with Crippen molar-refractivity contribution in [3.8, 4) is 11.5 Å². The highest BCUT2D eigenvalue weighted by Gasteiger charge is 2.24. The molecule has 0 aliphatic heterocycles. The van der Waals surface area contributed by atoms with Crippen LogP contribution >= 0.6 is 7.82 Å². The smallest absolute Gasteiger partial charge is 0.395 e. The number of hydrogen-bond acceptors (Lipinski definition) is 3. The maximum Gasteiger partial charge on any atom is 0.584 e. The Balaban J connectivity index is 2.08. The van der Waals surface area contributed by atoms with Crippen molar-refractivity contribution in [1.29, 1.82) is 0 Å². The normalized spacial score (nSPS) is 13.7. The van der Waals surface area contributed by atoms with Crippen LogP contribution in [0.4, 0.5) is 4.39 Å². The Bertz CT molecular complexity index is 556. The van der Waals surface area contributed by atoms with Gasteiger partial charge >= 0.3 is 7.82 Å². The Morgan fingerprint density at radius 2 is 1.39 bits per heavy atom. The fraction of sp³-hybridized carbons (Fsp3) is 0. The van der Waals surface area contributed by atoms with E-state index in [0.717, 1.165) is 12.1 Å². The third kappa shape index (κ3) is 3.58. The van der Waals surface area contributed by atoms with Gasteiger partial charge in [0.25, 0.3) is 0 Å². The van der Waals surface area contributed by atoms with Gasteiger partial charge in [-0.1, -0.05) is 18.2 Å². The second-order valence-corrected chi connectivity index (χ2v) is 4.72. The average molecular weight is 268 g/mol. The van der Waals surface area contributed by atoms with E-state index < -0.39 is 13.6 Å². The number of phosphoric ester groups is 1. The standard InChI is InChI=1S/C12H10FO4P/c13-10-6-8-12(9-7-10)17-18(14,15)16-11-4-2-1-3-5-11/h1-9H,(H,14,15). The minimum Gasteiger partial charge on any atom is -0.395 e. The summed E-state index contributed by atoms with van der Waals surface area (Å²) in [6.45, 7) is 0. The summed E-state index contributed by atoms with van der Waals surface area (Å²) in [4.78, 5) is 9.51. The van der Waals surface area contributed by atoms with Crippen LogP contribution in [0.2, 0.25) is 0 Å². The Morgan fingerprint density at radius 1 is 0.889 bits per heavy atom. The molecule has 0 bridgehead atoms. The first kappa shape index (κ1) is 12.6. The van der Waals surface area contributed by atoms with Crippen molar-refractivity contribution < 1.29 is 22.9 Å². The van der Waals surface area contributed by atoms with Gasteiger partial charge in [-0.2, -0.15) is 0 Å². The molecule has 6 heteroatoms. The molecule has 0 spiro atoms. The highest BCUT2D eigenvalue weighted by molar-refractivity contribution is 7.48. The molecule has 1 unspecified atom stereocenters. The second kappa shape index (κ2) is 5.21. The van der Waals surface area contributed by atoms with Crippen LogP contribution in [0.3, 0.4) is 0 Å². The van der Waals surface area contributed by atoms with E-state index in [0.29, 0.717) is 0 Å². The molecule has 0 aliphatic rings. The van der Waals surface area contributed by atoms with Crippen LogP contribution in [0.1, 0.15) is 0 Å². The molecule has 0 fully saturated rings. The van der Waals surface area contributed by atoms with Gasteiger partial charge in [-0.3, -0.25) is 4.89 Å². The number of halogens is 1. The SMILES string of the molecule is O=P(O)(Oc1ccccc1)Oc1ccc(F)cc1. The molecule has 0 aliphatic carbocycles. The van der Waals surface area contributed by atoms with Gasteiger partial charge in [0.05, 0.1) is 0 Å². The van der Waals surface area contributed by atoms with E-state index in [9.17, 15) is 13.8 Å². The van der Waals surface area contributed by atoms with Gasteiger partial charge in [-0.25, -0.2) is 8.96 Å². The van der Waals surface area contributed by atoms with Crippen molar-refractivity contribution >= 4 is 7.82 Å². The van der Waals surface area contributed by atoms with Crippen LogP contribution in [-0.2, 0) is 4.57 Å². The molecule has 0 saturated heterocycles. The predicted molar refractivity (Wildman–Crippen MR) is 63.9 cm³/mol. The van der Waals surface area contributed by atoms with E-state index in [1.165, 1.54) is 24.3 Å². The molecule has 1 N–H and O–H groups in total. The molecule has 18 heavy (non-hydrogen) atoms. The van der Waals surface area contributed by atoms with E-state index in [-0.39, 0.29) is 11.5 Å². The van der Waals surface area contributed by atoms with Crippen LogP contribution in [0.15, 0.2) is 54.6 Å². The van der Waals surface area contributed by atoms with Crippen LogP contribution in [-0.4, -0.2) is 4.89 Å². The number of rotatable bonds is 4. The van der Waals surface area contributed by atoms with Crippen molar-refractivity contribution in [3.05, 3.63) is 60.4 Å². The Labute approximate surface area is 103 Å². The van der Waals surface area contributed by atoms with E-state index in [2.05, 4.69) is 0 Å². The quantitative estimate of drug-likeness (QED) is 0.863. The fourth-order valence-corrected chi connectivity index (χ4v) is 2.08. The maximum atomic E-state index is 12.6. The number of hydrogen-bond donors (Lipinski definition) is 1. The number of phosphoric acid groups is 1. The molecule has 1 atom stereocenters. The van der Waals surface area contributed by atoms with Crippen molar-refractivity contribution in [2.24, 2.45) is 0 Å². The van der Waals surface area contributed by atoms with Crippen molar-refractivity contribution in [2.45, 2.75) is 0 Å². The van der Waals surface area contributed by atoms with E-state index in [1.807, 2.05) is 0 Å². The summed E-state index contributed by atoms with van der Waals surface area (Å²) in [6.07, 6.45) is 0. The lowest BCUT2D eigenvalue weighted by Crippen LogP contribution is -1.99. The van der Waals surface area contributed by atoms with E-state index in [4.69, 9.17) is 9.05 Å². The highest BCUT2D eigenvalue weighted by atomic mass is 31.2. The Hall–Kier alpha value is -1.84. The van der Waals surface area contributed by atoms with Crippen LogP contribution < -0.4 is 9.05 Å². The van der Waals surface area contributed by atoms with Gasteiger partial charge in [0.15, 0.2) is 0 Å². The molecule has 0 saturated carbocycles. The minimum atomic E-state index is -4.27. The zero-order valence-corrected chi connectivity index (χ0v) is 10.1. The summed E-state index contributed by atoms with van der Waals surface area (Å²) in [5.41, 5.74) is 0. The summed E-state index contributed by atoms with van der Waals surface area (Å²) < 4.78 is 33.9. The first-order valence-electron chi connectivity index (χ1n) is 5.08. The largest absolute Gasteiger partial charge is 0.584 e. The third-order valence-electron chi connectivity index (χ3n) is 2.00. The molecule has 0 aromatic heterocycles. The van der Waals surface area contributed by atoms with Crippen LogP contribution in [0.25, 0.3) is 0 Å². The highest BCUT2D eigenvalue weighted by Crippen LogP contribution is 2.44. The molecular weight excluding hydrogens is 258 g/mol. The first-order chi connectivity index (χ1) is 8.55. The summed E-state index contributed by atoms with van der Waals surface area (Å²) in [7, 11) is -4.27. The Kier molecular flexibility index (Phi) is 3.65. The molecule has 2 aromatic carbocycles. The lowest BCUT2D eigenvalue weighted by atomic mass is 10.3. The second-order valence-electron chi connectivity index (χ2n) is 3.42. The zero-order valence-electron chi connectivity index (χ0n) is 9.19. The van der Waals surface area contributed by atoms with Gasteiger partial charge in [-0.15, -0.1) is 0 Å². The molecule has 0 radical (unpaired) electrons. The summed E-state index contributed by atoms with van der Waals surface area (Å²) in [5.74, 6) is -0.192. The maximum absolute atomic E-state index is 12.6. The van der Waals surface area contributed by atoms with Crippen LogP contribution in [0, 0.1) is 5.82 Å². The van der Waals surface area contributed by atoms with E-state index in [1.54, 1.807) is 18.2 Å². The van der Waals surface area contributed by atoms with Gasteiger partial charge in [-0.05, 0) is 36.4 Å². The molecule has 2 aromatic rings. The summed E-state index contributed by atoms with van der Waals surface area (Å²) >= 11 is 0. The number of benzene rings is 2. The minimum absolute atomic E-state index is 0.0539. The lowest BCUT2D eigenvalue weighted by molar-refractivity contribution is 0.291. The molecule has 2 rings (SSSR count). The first-order valence-corrected chi connectivity index (χ1v) is 6.57. The Morgan fingerprint density at radius 3 is 1.94 bits per heavy atom. The number of para-hydroxylation sites is 1. The van der Waals surface area contributed by atoms with Gasteiger partial charge in [0, 0.05) is 0 Å². The predicted octanol–water partition coefficient (Wildman–Crippen LogP) is 3.38. The van der Waals surface area contributed by atoms with Crippen LogP contribution in [0.5, 0.6) is 11.5 Å². The zero-order chi connectivity index (χ0) is 13.0. The summed E-state index contributed by atoms with van der Waals surface area (Å²) in [5, 5.41) is 0. The summed E-state index contributed by atoms with van der Waals surface area (Å²) in [6, 6.07) is 12.8. The van der Waals surface area contributed by atoms with Crippen molar-refractivity contribution in [3.63, 3.8) is 0 Å². The van der Waals surface area contributed by atoms with Crippen molar-refractivity contribution in [2.75, 3.05) is 0 Å². The fourth-order valence-electron chi connectivity index (χ4n) is 1.26.